The van der Waals surface area contributed by atoms with Crippen molar-refractivity contribution in [3.8, 4) is 0 Å². The van der Waals surface area contributed by atoms with Gasteiger partial charge in [0.15, 0.2) is 0 Å². The van der Waals surface area contributed by atoms with Crippen LogP contribution in [0.1, 0.15) is 29.9 Å². The van der Waals surface area contributed by atoms with E-state index in [1.807, 2.05) is 11.8 Å². The molecule has 0 aromatic heterocycles. The molecule has 1 aromatic rings. The summed E-state index contributed by atoms with van der Waals surface area (Å²) in [6.07, 6.45) is 4.72. The molecule has 2 rings (SSSR count). The van der Waals surface area contributed by atoms with Crippen molar-refractivity contribution in [1.82, 2.24) is 5.32 Å². The summed E-state index contributed by atoms with van der Waals surface area (Å²) in [5.74, 6) is 0.779. The van der Waals surface area contributed by atoms with Crippen molar-refractivity contribution in [2.75, 3.05) is 19.3 Å². The standard InChI is InChI=1S/C13H19NS/c1-10-9-12(3-4-13(10)15-2)11-5-7-14-8-6-11/h3-4,9,11,14H,5-8H2,1-2H3. The summed E-state index contributed by atoms with van der Waals surface area (Å²) in [7, 11) is 0. The van der Waals surface area contributed by atoms with E-state index in [4.69, 9.17) is 0 Å². The smallest absolute Gasteiger partial charge is 0.00985 e. The number of hydrogen-bond donors (Lipinski definition) is 1. The molecule has 0 radical (unpaired) electrons. The molecular weight excluding hydrogens is 202 g/mol. The van der Waals surface area contributed by atoms with Gasteiger partial charge < -0.3 is 5.32 Å². The number of nitrogens with one attached hydrogen (secondary N) is 1. The average molecular weight is 221 g/mol. The van der Waals surface area contributed by atoms with E-state index in [9.17, 15) is 0 Å². The third-order valence-corrected chi connectivity index (χ3v) is 4.13. The summed E-state index contributed by atoms with van der Waals surface area (Å²) in [5.41, 5.74) is 2.96. The first-order valence-electron chi connectivity index (χ1n) is 5.66. The van der Waals surface area contributed by atoms with Crippen molar-refractivity contribution >= 4 is 11.8 Å². The molecule has 1 N–H and O–H groups in total. The molecule has 0 unspecified atom stereocenters. The van der Waals surface area contributed by atoms with Crippen LogP contribution in [0.25, 0.3) is 0 Å². The molecule has 1 nitrogen and oxygen atoms in total. The van der Waals surface area contributed by atoms with Crippen LogP contribution in [0.3, 0.4) is 0 Å². The maximum Gasteiger partial charge on any atom is 0.00985 e. The molecule has 0 saturated carbocycles. The Labute approximate surface area is 96.7 Å². The predicted octanol–water partition coefficient (Wildman–Crippen LogP) is 3.18. The number of aryl methyl sites for hydroxylation is 1. The van der Waals surface area contributed by atoms with Crippen LogP contribution in [0, 0.1) is 6.92 Å². The zero-order valence-corrected chi connectivity index (χ0v) is 10.4. The van der Waals surface area contributed by atoms with Crippen LogP contribution in [0.15, 0.2) is 23.1 Å². The Bertz CT molecular complexity index is 329. The molecular formula is C13H19NS. The highest BCUT2D eigenvalue weighted by Crippen LogP contribution is 2.29. The van der Waals surface area contributed by atoms with Crippen molar-refractivity contribution < 1.29 is 0 Å². The van der Waals surface area contributed by atoms with Crippen molar-refractivity contribution in [3.05, 3.63) is 29.3 Å². The van der Waals surface area contributed by atoms with Gasteiger partial charge in [0.2, 0.25) is 0 Å². The van der Waals surface area contributed by atoms with Crippen molar-refractivity contribution in [2.45, 2.75) is 30.6 Å². The fraction of sp³-hybridized carbons (Fsp3) is 0.538. The molecule has 1 aromatic carbocycles. The Balaban J connectivity index is 2.17. The highest BCUT2D eigenvalue weighted by atomic mass is 32.2. The normalized spacial score (nSPS) is 18.0. The summed E-state index contributed by atoms with van der Waals surface area (Å²) in [6.45, 7) is 4.57. The van der Waals surface area contributed by atoms with Crippen molar-refractivity contribution in [1.29, 1.82) is 0 Å². The number of hydrogen-bond acceptors (Lipinski definition) is 2. The second kappa shape index (κ2) is 5.04. The number of rotatable bonds is 2. The van der Waals surface area contributed by atoms with E-state index in [1.165, 1.54) is 42.0 Å². The maximum absolute atomic E-state index is 3.42. The molecule has 2 heteroatoms. The summed E-state index contributed by atoms with van der Waals surface area (Å²) in [5, 5.41) is 3.42. The van der Waals surface area contributed by atoms with E-state index in [0.717, 1.165) is 5.92 Å². The topological polar surface area (TPSA) is 12.0 Å². The third kappa shape index (κ3) is 2.56. The molecule has 1 aliphatic rings. The number of thioether (sulfide) groups is 1. The molecule has 1 heterocycles. The van der Waals surface area contributed by atoms with Gasteiger partial charge in [0.05, 0.1) is 0 Å². The Hall–Kier alpha value is -0.470. The fourth-order valence-corrected chi connectivity index (χ4v) is 2.90. The minimum absolute atomic E-state index is 0.779. The van der Waals surface area contributed by atoms with Gasteiger partial charge in [0.1, 0.15) is 0 Å². The molecule has 0 spiro atoms. The zero-order chi connectivity index (χ0) is 10.7. The second-order valence-electron chi connectivity index (χ2n) is 4.25. The van der Waals surface area contributed by atoms with E-state index in [1.54, 1.807) is 0 Å². The van der Waals surface area contributed by atoms with Crippen LogP contribution < -0.4 is 5.32 Å². The van der Waals surface area contributed by atoms with Gasteiger partial charge in [-0.2, -0.15) is 0 Å². The highest BCUT2D eigenvalue weighted by molar-refractivity contribution is 7.98. The summed E-state index contributed by atoms with van der Waals surface area (Å²) in [6, 6.07) is 6.97. The lowest BCUT2D eigenvalue weighted by molar-refractivity contribution is 0.460. The van der Waals surface area contributed by atoms with Crippen molar-refractivity contribution in [3.63, 3.8) is 0 Å². The maximum atomic E-state index is 3.42. The van der Waals surface area contributed by atoms with E-state index >= 15 is 0 Å². The van der Waals surface area contributed by atoms with Gasteiger partial charge in [-0.25, -0.2) is 0 Å². The van der Waals surface area contributed by atoms with Gasteiger partial charge in [0, 0.05) is 4.90 Å². The van der Waals surface area contributed by atoms with E-state index < -0.39 is 0 Å². The van der Waals surface area contributed by atoms with Crippen LogP contribution >= 0.6 is 11.8 Å². The second-order valence-corrected chi connectivity index (χ2v) is 5.10. The summed E-state index contributed by atoms with van der Waals surface area (Å²) in [4.78, 5) is 1.41. The summed E-state index contributed by atoms with van der Waals surface area (Å²) < 4.78 is 0. The molecule has 0 atom stereocenters. The first kappa shape index (κ1) is 11.0. The Kier molecular flexibility index (Phi) is 3.71. The predicted molar refractivity (Wildman–Crippen MR) is 67.8 cm³/mol. The lowest BCUT2D eigenvalue weighted by Crippen LogP contribution is -2.26. The van der Waals surface area contributed by atoms with Gasteiger partial charge in [-0.15, -0.1) is 11.8 Å². The Morgan fingerprint density at radius 3 is 2.60 bits per heavy atom. The first-order valence-corrected chi connectivity index (χ1v) is 6.89. The largest absolute Gasteiger partial charge is 0.317 e. The molecule has 1 saturated heterocycles. The van der Waals surface area contributed by atoms with Crippen LogP contribution in [0.5, 0.6) is 0 Å². The van der Waals surface area contributed by atoms with E-state index in [-0.39, 0.29) is 0 Å². The lowest BCUT2D eigenvalue weighted by atomic mass is 9.89. The molecule has 82 valence electrons. The minimum atomic E-state index is 0.779. The quantitative estimate of drug-likeness (QED) is 0.770. The minimum Gasteiger partial charge on any atom is -0.317 e. The van der Waals surface area contributed by atoms with Crippen LogP contribution in [-0.2, 0) is 0 Å². The van der Waals surface area contributed by atoms with E-state index in [0.29, 0.717) is 0 Å². The molecule has 0 aliphatic carbocycles. The van der Waals surface area contributed by atoms with Crippen molar-refractivity contribution in [2.24, 2.45) is 0 Å². The van der Waals surface area contributed by atoms with Gasteiger partial charge in [-0.1, -0.05) is 12.1 Å². The Morgan fingerprint density at radius 2 is 2.00 bits per heavy atom. The van der Waals surface area contributed by atoms with Crippen LogP contribution in [-0.4, -0.2) is 19.3 Å². The van der Waals surface area contributed by atoms with Gasteiger partial charge >= 0.3 is 0 Å². The molecule has 1 aliphatic heterocycles. The Morgan fingerprint density at radius 1 is 1.27 bits per heavy atom. The first-order chi connectivity index (χ1) is 7.31. The number of benzene rings is 1. The van der Waals surface area contributed by atoms with Gasteiger partial charge in [0.25, 0.3) is 0 Å². The third-order valence-electron chi connectivity index (χ3n) is 3.23. The van der Waals surface area contributed by atoms with Crippen LogP contribution in [0.2, 0.25) is 0 Å². The SMILES string of the molecule is CSc1ccc(C2CCNCC2)cc1C. The van der Waals surface area contributed by atoms with Gasteiger partial charge in [-0.05, 0) is 62.2 Å². The average Bonchev–Trinajstić information content (AvgIpc) is 2.30. The fourth-order valence-electron chi connectivity index (χ4n) is 2.31. The molecule has 15 heavy (non-hydrogen) atoms. The summed E-state index contributed by atoms with van der Waals surface area (Å²) >= 11 is 1.84. The number of piperidine rings is 1. The van der Waals surface area contributed by atoms with Gasteiger partial charge in [-0.3, -0.25) is 0 Å². The molecule has 1 fully saturated rings. The highest BCUT2D eigenvalue weighted by Gasteiger charge is 2.15. The monoisotopic (exact) mass is 221 g/mol. The molecule has 0 amide bonds. The van der Waals surface area contributed by atoms with Crippen LogP contribution in [0.4, 0.5) is 0 Å². The molecule has 0 bridgehead atoms. The lowest BCUT2D eigenvalue weighted by Gasteiger charge is -2.23. The zero-order valence-electron chi connectivity index (χ0n) is 9.55. The van der Waals surface area contributed by atoms with E-state index in [2.05, 4.69) is 36.7 Å².